The average molecular weight is 398 g/mol. The molecule has 1 heterocycles. The van der Waals surface area contributed by atoms with Gasteiger partial charge in [-0.1, -0.05) is 17.7 Å². The van der Waals surface area contributed by atoms with Crippen LogP contribution in [0.5, 0.6) is 17.4 Å². The Hall–Kier alpha value is -3.58. The molecule has 0 radical (unpaired) electrons. The van der Waals surface area contributed by atoms with Crippen LogP contribution in [0.25, 0.3) is 0 Å². The first-order chi connectivity index (χ1) is 13.5. The molecule has 3 N–H and O–H groups in total. The van der Waals surface area contributed by atoms with Crippen molar-refractivity contribution in [1.82, 2.24) is 4.98 Å². The van der Waals surface area contributed by atoms with Gasteiger partial charge < -0.3 is 20.5 Å². The van der Waals surface area contributed by atoms with Crippen LogP contribution in [0.3, 0.4) is 0 Å². The van der Waals surface area contributed by atoms with Gasteiger partial charge in [-0.15, -0.1) is 0 Å². The number of rotatable bonds is 6. The van der Waals surface area contributed by atoms with Gasteiger partial charge in [0.15, 0.2) is 0 Å². The van der Waals surface area contributed by atoms with Gasteiger partial charge in [-0.05, 0) is 42.5 Å². The Bertz CT molecular complexity index is 1020. The summed E-state index contributed by atoms with van der Waals surface area (Å²) in [6.45, 7) is 0. The van der Waals surface area contributed by atoms with Crippen molar-refractivity contribution in [3.63, 3.8) is 0 Å². The lowest BCUT2D eigenvalue weighted by molar-refractivity contribution is 0.0997. The number of ether oxygens (including phenoxy) is 2. The molecule has 0 aliphatic carbocycles. The zero-order valence-electron chi connectivity index (χ0n) is 14.8. The van der Waals surface area contributed by atoms with E-state index in [0.29, 0.717) is 39.2 Å². The lowest BCUT2D eigenvalue weighted by Gasteiger charge is -2.10. The highest BCUT2D eigenvalue weighted by molar-refractivity contribution is 6.31. The van der Waals surface area contributed by atoms with Crippen LogP contribution in [0.4, 0.5) is 5.69 Å². The molecule has 3 aromatic rings. The van der Waals surface area contributed by atoms with E-state index in [0.717, 1.165) is 0 Å². The minimum Gasteiger partial charge on any atom is -0.496 e. The second-order valence-electron chi connectivity index (χ2n) is 5.68. The highest BCUT2D eigenvalue weighted by Crippen LogP contribution is 2.25. The third kappa shape index (κ3) is 4.57. The topological polar surface area (TPSA) is 104 Å². The third-order valence-corrected chi connectivity index (χ3v) is 3.98. The largest absolute Gasteiger partial charge is 0.496 e. The van der Waals surface area contributed by atoms with Gasteiger partial charge in [0.2, 0.25) is 11.8 Å². The predicted octanol–water partition coefficient (Wildman–Crippen LogP) is 3.89. The number of hydrogen-bond donors (Lipinski definition) is 2. The van der Waals surface area contributed by atoms with E-state index in [-0.39, 0.29) is 5.91 Å². The molecule has 28 heavy (non-hydrogen) atoms. The summed E-state index contributed by atoms with van der Waals surface area (Å²) in [7, 11) is 1.47. The minimum atomic E-state index is -0.548. The van der Waals surface area contributed by atoms with Crippen molar-refractivity contribution >= 4 is 29.1 Å². The standard InChI is InChI=1S/C20H16ClN3O4/c1-27-17-7-5-13(21)10-16(17)20(26)24-14-6-8-18(23-11-14)28-15-4-2-3-12(9-15)19(22)25/h2-11H,1H3,(H2,22,25)(H,24,26). The molecule has 0 bridgehead atoms. The predicted molar refractivity (Wildman–Crippen MR) is 105 cm³/mol. The summed E-state index contributed by atoms with van der Waals surface area (Å²) in [4.78, 5) is 27.8. The fourth-order valence-electron chi connectivity index (χ4n) is 2.40. The number of methoxy groups -OCH3 is 1. The van der Waals surface area contributed by atoms with E-state index in [1.54, 1.807) is 42.5 Å². The second kappa shape index (κ2) is 8.41. The van der Waals surface area contributed by atoms with Crippen molar-refractivity contribution in [3.05, 3.63) is 76.9 Å². The fraction of sp³-hybridized carbons (Fsp3) is 0.0500. The van der Waals surface area contributed by atoms with Crippen LogP contribution in [0.1, 0.15) is 20.7 Å². The first kappa shape index (κ1) is 19.2. The molecule has 3 rings (SSSR count). The SMILES string of the molecule is COc1ccc(Cl)cc1C(=O)Nc1ccc(Oc2cccc(C(N)=O)c2)nc1. The van der Waals surface area contributed by atoms with Gasteiger partial charge in [-0.25, -0.2) is 4.98 Å². The number of halogens is 1. The molecule has 1 aromatic heterocycles. The van der Waals surface area contributed by atoms with Crippen LogP contribution < -0.4 is 20.5 Å². The summed E-state index contributed by atoms with van der Waals surface area (Å²) in [5.41, 5.74) is 6.35. The van der Waals surface area contributed by atoms with E-state index in [9.17, 15) is 9.59 Å². The lowest BCUT2D eigenvalue weighted by Crippen LogP contribution is -2.13. The molecule has 7 nitrogen and oxygen atoms in total. The molecule has 0 aliphatic heterocycles. The summed E-state index contributed by atoms with van der Waals surface area (Å²) in [6.07, 6.45) is 1.45. The number of carbonyl (C=O) groups is 2. The maximum atomic E-state index is 12.5. The van der Waals surface area contributed by atoms with Crippen molar-refractivity contribution < 1.29 is 19.1 Å². The molecule has 0 atom stereocenters. The average Bonchev–Trinajstić information content (AvgIpc) is 2.69. The maximum Gasteiger partial charge on any atom is 0.259 e. The van der Waals surface area contributed by atoms with E-state index in [4.69, 9.17) is 26.8 Å². The highest BCUT2D eigenvalue weighted by atomic mass is 35.5. The maximum absolute atomic E-state index is 12.5. The normalized spacial score (nSPS) is 10.2. The van der Waals surface area contributed by atoms with E-state index in [1.807, 2.05) is 0 Å². The number of pyridine rings is 1. The monoisotopic (exact) mass is 397 g/mol. The van der Waals surface area contributed by atoms with E-state index >= 15 is 0 Å². The Morgan fingerprint density at radius 2 is 1.93 bits per heavy atom. The summed E-state index contributed by atoms with van der Waals surface area (Å²) < 4.78 is 10.8. The molecule has 2 amide bonds. The Labute approximate surface area is 166 Å². The number of benzene rings is 2. The number of nitrogens with two attached hydrogens (primary N) is 1. The fourth-order valence-corrected chi connectivity index (χ4v) is 2.58. The number of nitrogens with zero attached hydrogens (tertiary/aromatic N) is 1. The molecule has 8 heteroatoms. The van der Waals surface area contributed by atoms with E-state index in [2.05, 4.69) is 10.3 Å². The number of aromatic nitrogens is 1. The Kier molecular flexibility index (Phi) is 5.76. The van der Waals surface area contributed by atoms with Crippen LogP contribution in [0.15, 0.2) is 60.8 Å². The molecule has 0 saturated carbocycles. The number of amides is 2. The summed E-state index contributed by atoms with van der Waals surface area (Å²) in [6, 6.07) is 14.4. The number of anilines is 1. The van der Waals surface area contributed by atoms with Gasteiger partial charge in [0, 0.05) is 16.7 Å². The van der Waals surface area contributed by atoms with Crippen LogP contribution in [0, 0.1) is 0 Å². The minimum absolute atomic E-state index is 0.292. The Balaban J connectivity index is 1.71. The van der Waals surface area contributed by atoms with Gasteiger partial charge in [0.1, 0.15) is 11.5 Å². The zero-order valence-corrected chi connectivity index (χ0v) is 15.6. The number of carbonyl (C=O) groups excluding carboxylic acids is 2. The van der Waals surface area contributed by atoms with Gasteiger partial charge in [-0.2, -0.15) is 0 Å². The molecular weight excluding hydrogens is 382 g/mol. The summed E-state index contributed by atoms with van der Waals surface area (Å²) >= 11 is 5.96. The van der Waals surface area contributed by atoms with Crippen molar-refractivity contribution in [3.8, 4) is 17.4 Å². The second-order valence-corrected chi connectivity index (χ2v) is 6.11. The number of nitrogens with one attached hydrogen (secondary N) is 1. The molecular formula is C20H16ClN3O4. The van der Waals surface area contributed by atoms with Crippen LogP contribution in [0.2, 0.25) is 5.02 Å². The Morgan fingerprint density at radius 3 is 2.61 bits per heavy atom. The molecule has 0 unspecified atom stereocenters. The first-order valence-electron chi connectivity index (χ1n) is 8.15. The molecule has 142 valence electrons. The van der Waals surface area contributed by atoms with E-state index in [1.165, 1.54) is 25.4 Å². The lowest BCUT2D eigenvalue weighted by atomic mass is 10.2. The van der Waals surface area contributed by atoms with Crippen LogP contribution in [-0.4, -0.2) is 23.9 Å². The van der Waals surface area contributed by atoms with Gasteiger partial charge in [-0.3, -0.25) is 9.59 Å². The van der Waals surface area contributed by atoms with Crippen molar-refractivity contribution in [2.24, 2.45) is 5.73 Å². The Morgan fingerprint density at radius 1 is 1.11 bits per heavy atom. The molecule has 0 saturated heterocycles. The quantitative estimate of drug-likeness (QED) is 0.656. The van der Waals surface area contributed by atoms with E-state index < -0.39 is 5.91 Å². The summed E-state index contributed by atoms with van der Waals surface area (Å²) in [5, 5.41) is 3.14. The molecule has 2 aromatic carbocycles. The molecule has 0 spiro atoms. The summed E-state index contributed by atoms with van der Waals surface area (Å²) in [5.74, 6) is 0.185. The molecule has 0 fully saturated rings. The third-order valence-electron chi connectivity index (χ3n) is 3.74. The van der Waals surface area contributed by atoms with Gasteiger partial charge in [0.05, 0.1) is 24.6 Å². The van der Waals surface area contributed by atoms with Crippen molar-refractivity contribution in [2.75, 3.05) is 12.4 Å². The zero-order chi connectivity index (χ0) is 20.1. The highest BCUT2D eigenvalue weighted by Gasteiger charge is 2.13. The van der Waals surface area contributed by atoms with Crippen molar-refractivity contribution in [1.29, 1.82) is 0 Å². The van der Waals surface area contributed by atoms with Crippen molar-refractivity contribution in [2.45, 2.75) is 0 Å². The number of hydrogen-bond acceptors (Lipinski definition) is 5. The first-order valence-corrected chi connectivity index (χ1v) is 8.53. The number of primary amides is 1. The van der Waals surface area contributed by atoms with Crippen LogP contribution in [-0.2, 0) is 0 Å². The molecule has 0 aliphatic rings. The smallest absolute Gasteiger partial charge is 0.259 e. The van der Waals surface area contributed by atoms with Gasteiger partial charge >= 0.3 is 0 Å². The van der Waals surface area contributed by atoms with Gasteiger partial charge in [0.25, 0.3) is 5.91 Å². The van der Waals surface area contributed by atoms with Crippen LogP contribution >= 0.6 is 11.6 Å².